The molecule has 1 aromatic heterocycles. The van der Waals surface area contributed by atoms with Crippen LogP contribution < -0.4 is 15.4 Å². The van der Waals surface area contributed by atoms with Gasteiger partial charge in [0.2, 0.25) is 0 Å². The lowest BCUT2D eigenvalue weighted by atomic mass is 10.2. The van der Waals surface area contributed by atoms with Crippen molar-refractivity contribution < 1.29 is 22.7 Å². The monoisotopic (exact) mass is 570 g/mol. The van der Waals surface area contributed by atoms with Gasteiger partial charge in [-0.25, -0.2) is 0 Å². The van der Waals surface area contributed by atoms with Crippen molar-refractivity contribution in [2.45, 2.75) is 19.7 Å². The van der Waals surface area contributed by atoms with E-state index in [0.29, 0.717) is 24.7 Å². The van der Waals surface area contributed by atoms with Crippen LogP contribution in [0.15, 0.2) is 76.3 Å². The molecule has 1 heterocycles. The summed E-state index contributed by atoms with van der Waals surface area (Å²) in [5.74, 6) is 0.695. The number of nitrogens with zero attached hydrogens (tertiary/aromatic N) is 2. The fraction of sp³-hybridized carbons (Fsp3) is 0.217. The number of amides is 1. The highest BCUT2D eigenvalue weighted by Gasteiger charge is 2.10. The average Bonchev–Trinajstić information content (AvgIpc) is 3.31. The lowest BCUT2D eigenvalue weighted by molar-refractivity contribution is -0.0498. The zero-order valence-electron chi connectivity index (χ0n) is 18.1. The predicted molar refractivity (Wildman–Crippen MR) is 133 cm³/mol. The molecule has 0 spiro atoms. The number of anilines is 1. The number of carbonyl (C=O) groups is 1. The van der Waals surface area contributed by atoms with Gasteiger partial charge in [-0.3, -0.25) is 9.79 Å². The van der Waals surface area contributed by atoms with Crippen molar-refractivity contribution in [2.24, 2.45) is 4.99 Å². The van der Waals surface area contributed by atoms with Gasteiger partial charge < -0.3 is 24.7 Å². The van der Waals surface area contributed by atoms with Crippen molar-refractivity contribution in [1.29, 1.82) is 0 Å². The smallest absolute Gasteiger partial charge is 0.387 e. The van der Waals surface area contributed by atoms with Crippen molar-refractivity contribution in [1.82, 2.24) is 10.2 Å². The SMILES string of the molecule is CN=C(NCc1cccc(NC(=O)c2ccco2)c1)N(C)Cc1ccc(OC(F)F)cc1.I. The Bertz CT molecular complexity index is 1040. The summed E-state index contributed by atoms with van der Waals surface area (Å²) in [5.41, 5.74) is 2.52. The molecule has 0 saturated carbocycles. The molecule has 0 aliphatic rings. The van der Waals surface area contributed by atoms with Gasteiger partial charge in [0.15, 0.2) is 11.7 Å². The van der Waals surface area contributed by atoms with E-state index >= 15 is 0 Å². The molecular formula is C23H25F2IN4O3. The summed E-state index contributed by atoms with van der Waals surface area (Å²) in [7, 11) is 3.55. The Kier molecular flexibility index (Phi) is 10.1. The third-order valence-corrected chi connectivity index (χ3v) is 4.52. The Morgan fingerprint density at radius 1 is 1.12 bits per heavy atom. The van der Waals surface area contributed by atoms with E-state index in [2.05, 4.69) is 20.4 Å². The lowest BCUT2D eigenvalue weighted by Crippen LogP contribution is -2.38. The first-order valence-electron chi connectivity index (χ1n) is 9.84. The predicted octanol–water partition coefficient (Wildman–Crippen LogP) is 4.96. The van der Waals surface area contributed by atoms with Crippen LogP contribution in [0.25, 0.3) is 0 Å². The standard InChI is InChI=1S/C23H24F2N4O3.HI/c1-26-23(29(2)15-16-8-10-19(11-9-16)32-22(24)25)27-14-17-5-3-6-18(13-17)28-21(30)20-7-4-12-31-20;/h3-13,22H,14-15H2,1-2H3,(H,26,27)(H,28,30);1H. The molecular weight excluding hydrogens is 545 g/mol. The van der Waals surface area contributed by atoms with Gasteiger partial charge >= 0.3 is 6.61 Å². The second kappa shape index (κ2) is 12.8. The molecule has 2 N–H and O–H groups in total. The largest absolute Gasteiger partial charge is 0.459 e. The molecule has 0 fully saturated rings. The van der Waals surface area contributed by atoms with E-state index in [1.807, 2.05) is 30.1 Å². The first-order valence-corrected chi connectivity index (χ1v) is 9.84. The van der Waals surface area contributed by atoms with E-state index < -0.39 is 6.61 Å². The molecule has 0 unspecified atom stereocenters. The molecule has 2 aromatic carbocycles. The number of hydrogen-bond acceptors (Lipinski definition) is 4. The number of rotatable bonds is 8. The molecule has 7 nitrogen and oxygen atoms in total. The van der Waals surface area contributed by atoms with Crippen LogP contribution in [0.1, 0.15) is 21.7 Å². The fourth-order valence-electron chi connectivity index (χ4n) is 3.05. The van der Waals surface area contributed by atoms with Gasteiger partial charge in [-0.2, -0.15) is 8.78 Å². The number of benzene rings is 2. The molecule has 10 heteroatoms. The topological polar surface area (TPSA) is 79.1 Å². The van der Waals surface area contributed by atoms with Gasteiger partial charge in [0.05, 0.1) is 6.26 Å². The fourth-order valence-corrected chi connectivity index (χ4v) is 3.05. The second-order valence-corrected chi connectivity index (χ2v) is 6.91. The number of aliphatic imine (C=N–C) groups is 1. The molecule has 0 aliphatic heterocycles. The van der Waals surface area contributed by atoms with Crippen LogP contribution in [0.5, 0.6) is 5.75 Å². The highest BCUT2D eigenvalue weighted by Crippen LogP contribution is 2.16. The number of alkyl halides is 2. The minimum atomic E-state index is -2.84. The number of hydrogen-bond donors (Lipinski definition) is 2. The molecule has 0 atom stereocenters. The summed E-state index contributed by atoms with van der Waals surface area (Å²) in [4.78, 5) is 18.3. The number of carbonyl (C=O) groups excluding carboxylic acids is 1. The van der Waals surface area contributed by atoms with Gasteiger partial charge in [-0.05, 0) is 47.5 Å². The summed E-state index contributed by atoms with van der Waals surface area (Å²) < 4.78 is 34.0. The Morgan fingerprint density at radius 3 is 2.52 bits per heavy atom. The summed E-state index contributed by atoms with van der Waals surface area (Å²) >= 11 is 0. The molecule has 176 valence electrons. The normalized spacial score (nSPS) is 11.0. The zero-order valence-corrected chi connectivity index (χ0v) is 20.5. The van der Waals surface area contributed by atoms with Crippen molar-refractivity contribution in [3.8, 4) is 5.75 Å². The van der Waals surface area contributed by atoms with E-state index in [-0.39, 0.29) is 41.4 Å². The first-order chi connectivity index (χ1) is 15.4. The third-order valence-electron chi connectivity index (χ3n) is 4.52. The molecule has 0 radical (unpaired) electrons. The Balaban J connectivity index is 0.00000385. The number of halogens is 3. The van der Waals surface area contributed by atoms with Gasteiger partial charge in [0, 0.05) is 32.9 Å². The maximum Gasteiger partial charge on any atom is 0.387 e. The van der Waals surface area contributed by atoms with Crippen LogP contribution in [0.3, 0.4) is 0 Å². The van der Waals surface area contributed by atoms with Crippen molar-refractivity contribution in [2.75, 3.05) is 19.4 Å². The summed E-state index contributed by atoms with van der Waals surface area (Å²) in [5, 5.41) is 6.07. The maximum absolute atomic E-state index is 12.3. The number of ether oxygens (including phenoxy) is 1. The highest BCUT2D eigenvalue weighted by molar-refractivity contribution is 14.0. The molecule has 0 saturated heterocycles. The second-order valence-electron chi connectivity index (χ2n) is 6.91. The molecule has 3 aromatic rings. The molecule has 0 aliphatic carbocycles. The number of guanidine groups is 1. The van der Waals surface area contributed by atoms with Crippen molar-refractivity contribution in [3.63, 3.8) is 0 Å². The summed E-state index contributed by atoms with van der Waals surface area (Å²) in [6.45, 7) is -1.83. The minimum Gasteiger partial charge on any atom is -0.459 e. The Hall–Kier alpha value is -3.15. The quantitative estimate of drug-likeness (QED) is 0.228. The van der Waals surface area contributed by atoms with Crippen molar-refractivity contribution >= 4 is 41.5 Å². The number of nitrogens with one attached hydrogen (secondary N) is 2. The Labute approximate surface area is 207 Å². The van der Waals surface area contributed by atoms with E-state index in [4.69, 9.17) is 4.42 Å². The van der Waals surface area contributed by atoms with Crippen LogP contribution in [0.4, 0.5) is 14.5 Å². The lowest BCUT2D eigenvalue weighted by Gasteiger charge is -2.22. The van der Waals surface area contributed by atoms with Gasteiger partial charge in [0.25, 0.3) is 5.91 Å². The van der Waals surface area contributed by atoms with Gasteiger partial charge in [-0.1, -0.05) is 24.3 Å². The van der Waals surface area contributed by atoms with Crippen LogP contribution in [0.2, 0.25) is 0 Å². The zero-order chi connectivity index (χ0) is 22.9. The van der Waals surface area contributed by atoms with Crippen LogP contribution in [0, 0.1) is 0 Å². The maximum atomic E-state index is 12.3. The molecule has 3 rings (SSSR count). The van der Waals surface area contributed by atoms with Crippen LogP contribution in [-0.4, -0.2) is 37.5 Å². The summed E-state index contributed by atoms with van der Waals surface area (Å²) in [6, 6.07) is 17.2. The molecule has 1 amide bonds. The van der Waals surface area contributed by atoms with Crippen molar-refractivity contribution in [3.05, 3.63) is 83.8 Å². The number of furan rings is 1. The van der Waals surface area contributed by atoms with Crippen LogP contribution >= 0.6 is 24.0 Å². The van der Waals surface area contributed by atoms with Gasteiger partial charge in [0.1, 0.15) is 5.75 Å². The average molecular weight is 570 g/mol. The Morgan fingerprint density at radius 2 is 1.88 bits per heavy atom. The molecule has 33 heavy (non-hydrogen) atoms. The van der Waals surface area contributed by atoms with Crippen LogP contribution in [-0.2, 0) is 13.1 Å². The summed E-state index contributed by atoms with van der Waals surface area (Å²) in [6.07, 6.45) is 1.45. The molecule has 0 bridgehead atoms. The first kappa shape index (κ1) is 26.1. The minimum absolute atomic E-state index is 0. The van der Waals surface area contributed by atoms with E-state index in [0.717, 1.165) is 11.1 Å². The van der Waals surface area contributed by atoms with E-state index in [1.54, 1.807) is 37.4 Å². The van der Waals surface area contributed by atoms with Gasteiger partial charge in [-0.15, -0.1) is 24.0 Å². The van der Waals surface area contributed by atoms with E-state index in [1.165, 1.54) is 18.4 Å². The third kappa shape index (κ3) is 8.04. The van der Waals surface area contributed by atoms with E-state index in [9.17, 15) is 13.6 Å². The highest BCUT2D eigenvalue weighted by atomic mass is 127.